The number of hydrogen-bond acceptors (Lipinski definition) is 2. The molecule has 0 aliphatic carbocycles. The molecule has 0 fully saturated rings. The molecule has 98 valence electrons. The van der Waals surface area contributed by atoms with Crippen LogP contribution in [0, 0.1) is 12.7 Å². The minimum absolute atomic E-state index is 0.255. The van der Waals surface area contributed by atoms with Crippen LogP contribution in [0.25, 0.3) is 0 Å². The van der Waals surface area contributed by atoms with E-state index in [1.807, 2.05) is 31.2 Å². The number of nitrogens with two attached hydrogens (primary N) is 1. The quantitative estimate of drug-likeness (QED) is 0.897. The summed E-state index contributed by atoms with van der Waals surface area (Å²) in [5.41, 5.74) is 9.83. The zero-order chi connectivity index (χ0) is 13.4. The summed E-state index contributed by atoms with van der Waals surface area (Å²) in [7, 11) is 0. The van der Waals surface area contributed by atoms with Gasteiger partial charge in [-0.25, -0.2) is 4.39 Å². The summed E-state index contributed by atoms with van der Waals surface area (Å²) in [5.74, 6) is 0.663. The van der Waals surface area contributed by atoms with Crippen molar-refractivity contribution in [3.63, 3.8) is 0 Å². The van der Waals surface area contributed by atoms with Gasteiger partial charge in [-0.15, -0.1) is 0 Å². The Hall–Kier alpha value is -1.87. The van der Waals surface area contributed by atoms with Crippen LogP contribution >= 0.6 is 0 Å². The van der Waals surface area contributed by atoms with E-state index in [9.17, 15) is 4.39 Å². The summed E-state index contributed by atoms with van der Waals surface area (Å²) in [6.45, 7) is 2.65. The van der Waals surface area contributed by atoms with E-state index < -0.39 is 6.04 Å². The summed E-state index contributed by atoms with van der Waals surface area (Å²) in [4.78, 5) is 0. The SMILES string of the molecule is Cc1ccc(F)c(C(N)c2ccc3c(c2)CCO3)c1. The second-order valence-corrected chi connectivity index (χ2v) is 4.97. The van der Waals surface area contributed by atoms with E-state index in [0.29, 0.717) is 12.2 Å². The molecule has 1 atom stereocenters. The van der Waals surface area contributed by atoms with Crippen LogP contribution in [0.2, 0.25) is 0 Å². The van der Waals surface area contributed by atoms with Crippen LogP contribution in [0.3, 0.4) is 0 Å². The second-order valence-electron chi connectivity index (χ2n) is 4.97. The molecule has 2 aromatic rings. The van der Waals surface area contributed by atoms with Crippen molar-refractivity contribution in [2.45, 2.75) is 19.4 Å². The van der Waals surface area contributed by atoms with Crippen LogP contribution in [-0.4, -0.2) is 6.61 Å². The summed E-state index contributed by atoms with van der Waals surface area (Å²) in [6.07, 6.45) is 0.895. The maximum Gasteiger partial charge on any atom is 0.128 e. The van der Waals surface area contributed by atoms with Gasteiger partial charge >= 0.3 is 0 Å². The van der Waals surface area contributed by atoms with Gasteiger partial charge in [0.05, 0.1) is 12.6 Å². The third-order valence-corrected chi connectivity index (χ3v) is 3.56. The van der Waals surface area contributed by atoms with Gasteiger partial charge in [0.15, 0.2) is 0 Å². The van der Waals surface area contributed by atoms with Crippen molar-refractivity contribution < 1.29 is 9.13 Å². The summed E-state index contributed by atoms with van der Waals surface area (Å²) in [5, 5.41) is 0. The molecule has 2 aromatic carbocycles. The Morgan fingerprint density at radius 1 is 1.21 bits per heavy atom. The monoisotopic (exact) mass is 257 g/mol. The molecule has 1 aliphatic rings. The first kappa shape index (κ1) is 12.2. The number of halogens is 1. The molecule has 3 heteroatoms. The number of ether oxygens (including phenoxy) is 1. The maximum absolute atomic E-state index is 13.9. The van der Waals surface area contributed by atoms with Crippen molar-refractivity contribution in [1.82, 2.24) is 0 Å². The predicted octanol–water partition coefficient (Wildman–Crippen LogP) is 3.12. The van der Waals surface area contributed by atoms with Gasteiger partial charge in [0.25, 0.3) is 0 Å². The van der Waals surface area contributed by atoms with Crippen LogP contribution in [-0.2, 0) is 6.42 Å². The molecule has 1 unspecified atom stereocenters. The van der Waals surface area contributed by atoms with Crippen LogP contribution in [0.1, 0.15) is 28.3 Å². The fourth-order valence-corrected chi connectivity index (χ4v) is 2.48. The fraction of sp³-hybridized carbons (Fsp3) is 0.250. The van der Waals surface area contributed by atoms with Gasteiger partial charge < -0.3 is 10.5 Å². The maximum atomic E-state index is 13.9. The number of rotatable bonds is 2. The molecule has 1 heterocycles. The van der Waals surface area contributed by atoms with E-state index >= 15 is 0 Å². The molecule has 19 heavy (non-hydrogen) atoms. The van der Waals surface area contributed by atoms with E-state index in [1.165, 1.54) is 6.07 Å². The Labute approximate surface area is 112 Å². The highest BCUT2D eigenvalue weighted by molar-refractivity contribution is 5.43. The first-order valence-electron chi connectivity index (χ1n) is 6.42. The van der Waals surface area contributed by atoms with E-state index in [2.05, 4.69) is 0 Å². The Kier molecular flexibility index (Phi) is 2.99. The molecule has 2 nitrogen and oxygen atoms in total. The molecular weight excluding hydrogens is 241 g/mol. The summed E-state index contributed by atoms with van der Waals surface area (Å²) < 4.78 is 19.3. The minimum atomic E-state index is -0.439. The average molecular weight is 257 g/mol. The lowest BCUT2D eigenvalue weighted by atomic mass is 9.96. The molecule has 1 aliphatic heterocycles. The molecule has 0 saturated heterocycles. The van der Waals surface area contributed by atoms with E-state index in [0.717, 1.165) is 28.9 Å². The Balaban J connectivity index is 1.99. The topological polar surface area (TPSA) is 35.2 Å². The van der Waals surface area contributed by atoms with Gasteiger partial charge in [0, 0.05) is 12.0 Å². The van der Waals surface area contributed by atoms with Gasteiger partial charge in [0.1, 0.15) is 11.6 Å². The lowest BCUT2D eigenvalue weighted by Crippen LogP contribution is -2.14. The largest absolute Gasteiger partial charge is 0.493 e. The van der Waals surface area contributed by atoms with Crippen molar-refractivity contribution in [3.8, 4) is 5.75 Å². The smallest absolute Gasteiger partial charge is 0.128 e. The number of benzene rings is 2. The first-order chi connectivity index (χ1) is 9.15. The van der Waals surface area contributed by atoms with Crippen molar-refractivity contribution in [2.75, 3.05) is 6.61 Å². The van der Waals surface area contributed by atoms with E-state index in [4.69, 9.17) is 10.5 Å². The van der Waals surface area contributed by atoms with E-state index in [1.54, 1.807) is 6.07 Å². The molecule has 3 rings (SSSR count). The van der Waals surface area contributed by atoms with Gasteiger partial charge in [-0.2, -0.15) is 0 Å². The summed E-state index contributed by atoms with van der Waals surface area (Å²) >= 11 is 0. The Morgan fingerprint density at radius 2 is 2.05 bits per heavy atom. The lowest BCUT2D eigenvalue weighted by Gasteiger charge is -2.15. The van der Waals surface area contributed by atoms with Crippen molar-refractivity contribution >= 4 is 0 Å². The van der Waals surface area contributed by atoms with Crippen LogP contribution < -0.4 is 10.5 Å². The number of fused-ring (bicyclic) bond motifs is 1. The van der Waals surface area contributed by atoms with Gasteiger partial charge in [-0.05, 0) is 30.2 Å². The molecule has 0 saturated carbocycles. The number of hydrogen-bond donors (Lipinski definition) is 1. The van der Waals surface area contributed by atoms with Crippen LogP contribution in [0.4, 0.5) is 4.39 Å². The van der Waals surface area contributed by atoms with Gasteiger partial charge in [-0.3, -0.25) is 0 Å². The highest BCUT2D eigenvalue weighted by atomic mass is 19.1. The van der Waals surface area contributed by atoms with Crippen LogP contribution in [0.5, 0.6) is 5.75 Å². The molecule has 0 bridgehead atoms. The lowest BCUT2D eigenvalue weighted by molar-refractivity contribution is 0.357. The highest BCUT2D eigenvalue weighted by Crippen LogP contribution is 2.30. The Morgan fingerprint density at radius 3 is 2.89 bits per heavy atom. The molecular formula is C16H16FNO. The molecule has 0 radical (unpaired) electrons. The second kappa shape index (κ2) is 4.67. The zero-order valence-electron chi connectivity index (χ0n) is 10.8. The van der Waals surface area contributed by atoms with Crippen molar-refractivity contribution in [2.24, 2.45) is 5.73 Å². The predicted molar refractivity (Wildman–Crippen MR) is 72.8 cm³/mol. The van der Waals surface area contributed by atoms with Gasteiger partial charge in [-0.1, -0.05) is 29.8 Å². The third kappa shape index (κ3) is 2.22. The average Bonchev–Trinajstić information content (AvgIpc) is 2.88. The zero-order valence-corrected chi connectivity index (χ0v) is 10.8. The van der Waals surface area contributed by atoms with Crippen molar-refractivity contribution in [3.05, 3.63) is 64.5 Å². The van der Waals surface area contributed by atoms with E-state index in [-0.39, 0.29) is 5.82 Å². The van der Waals surface area contributed by atoms with Crippen molar-refractivity contribution in [1.29, 1.82) is 0 Å². The third-order valence-electron chi connectivity index (χ3n) is 3.56. The first-order valence-corrected chi connectivity index (χ1v) is 6.42. The van der Waals surface area contributed by atoms with Gasteiger partial charge in [0.2, 0.25) is 0 Å². The molecule has 2 N–H and O–H groups in total. The fourth-order valence-electron chi connectivity index (χ4n) is 2.48. The van der Waals surface area contributed by atoms with Crippen LogP contribution in [0.15, 0.2) is 36.4 Å². The standard InChI is InChI=1S/C16H16FNO/c1-10-2-4-14(17)13(8-10)16(18)12-3-5-15-11(9-12)6-7-19-15/h2-5,8-9,16H,6-7,18H2,1H3. The minimum Gasteiger partial charge on any atom is -0.493 e. The summed E-state index contributed by atoms with van der Waals surface area (Å²) in [6, 6.07) is 10.5. The molecule has 0 spiro atoms. The highest BCUT2D eigenvalue weighted by Gasteiger charge is 2.18. The normalized spacial score (nSPS) is 14.9. The Bertz CT molecular complexity index is 624. The number of aryl methyl sites for hydroxylation is 1. The molecule has 0 amide bonds. The molecule has 0 aromatic heterocycles.